The molecule has 2 bridgehead atoms. The number of hydrogen-bond donors (Lipinski definition) is 0. The average molecular weight is 454 g/mol. The normalized spacial score (nSPS) is 26.2. The van der Waals surface area contributed by atoms with Crippen molar-refractivity contribution >= 4 is 23.2 Å². The van der Waals surface area contributed by atoms with E-state index in [9.17, 15) is 19.7 Å². The van der Waals surface area contributed by atoms with Crippen molar-refractivity contribution in [1.29, 1.82) is 0 Å². The SMILES string of the molecule is CCOc1ccc(N2C(=O)[C@@H]3[C@@H](C2=O)C2c4ccccc4C3(C)c3ccccc32)c([N+](=O)[O-])c1. The largest absolute Gasteiger partial charge is 0.494 e. The molecule has 0 aromatic heterocycles. The molecule has 2 atom stereocenters. The van der Waals surface area contributed by atoms with Crippen LogP contribution in [-0.4, -0.2) is 23.3 Å². The van der Waals surface area contributed by atoms with Gasteiger partial charge in [0.1, 0.15) is 11.4 Å². The molecule has 170 valence electrons. The number of nitro benzene ring substituents is 1. The molecular formula is C27H22N2O5. The summed E-state index contributed by atoms with van der Waals surface area (Å²) in [4.78, 5) is 40.3. The lowest BCUT2D eigenvalue weighted by molar-refractivity contribution is -0.384. The molecule has 0 saturated carbocycles. The molecule has 1 aliphatic heterocycles. The Morgan fingerprint density at radius 1 is 0.971 bits per heavy atom. The molecule has 0 unspecified atom stereocenters. The Balaban J connectivity index is 1.56. The lowest BCUT2D eigenvalue weighted by Crippen LogP contribution is -2.51. The van der Waals surface area contributed by atoms with Crippen LogP contribution in [0.4, 0.5) is 11.4 Å². The molecule has 1 heterocycles. The van der Waals surface area contributed by atoms with Crippen molar-refractivity contribution < 1.29 is 19.2 Å². The summed E-state index contributed by atoms with van der Waals surface area (Å²) in [5.41, 5.74) is 3.15. The minimum atomic E-state index is -0.714. The molecule has 0 N–H and O–H groups in total. The summed E-state index contributed by atoms with van der Waals surface area (Å²) in [5.74, 6) is -1.99. The molecule has 7 rings (SSSR count). The van der Waals surface area contributed by atoms with E-state index in [1.165, 1.54) is 12.1 Å². The van der Waals surface area contributed by atoms with Crippen molar-refractivity contribution in [2.45, 2.75) is 25.2 Å². The zero-order valence-corrected chi connectivity index (χ0v) is 18.7. The van der Waals surface area contributed by atoms with Crippen molar-refractivity contribution in [1.82, 2.24) is 0 Å². The molecule has 3 aromatic rings. The number of anilines is 1. The van der Waals surface area contributed by atoms with Crippen LogP contribution in [0.5, 0.6) is 5.75 Å². The summed E-state index contributed by atoms with van der Waals surface area (Å²) >= 11 is 0. The highest BCUT2D eigenvalue weighted by Gasteiger charge is 2.66. The van der Waals surface area contributed by atoms with E-state index in [0.717, 1.165) is 27.2 Å². The van der Waals surface area contributed by atoms with Crippen molar-refractivity contribution in [3.63, 3.8) is 0 Å². The number of carbonyl (C=O) groups is 2. The Labute approximate surface area is 196 Å². The first-order valence-corrected chi connectivity index (χ1v) is 11.4. The number of hydrogen-bond acceptors (Lipinski definition) is 5. The van der Waals surface area contributed by atoms with Gasteiger partial charge in [0, 0.05) is 11.3 Å². The first kappa shape index (κ1) is 20.6. The number of rotatable bonds is 4. The molecule has 7 heteroatoms. The van der Waals surface area contributed by atoms with E-state index in [0.29, 0.717) is 12.4 Å². The summed E-state index contributed by atoms with van der Waals surface area (Å²) in [6, 6.07) is 20.2. The Morgan fingerprint density at radius 3 is 2.18 bits per heavy atom. The Bertz CT molecular complexity index is 1350. The lowest BCUT2D eigenvalue weighted by Gasteiger charge is -2.52. The van der Waals surface area contributed by atoms with Gasteiger partial charge < -0.3 is 4.74 Å². The van der Waals surface area contributed by atoms with E-state index in [1.54, 1.807) is 13.0 Å². The molecule has 0 spiro atoms. The molecule has 2 amide bonds. The van der Waals surface area contributed by atoms with Crippen LogP contribution in [0.3, 0.4) is 0 Å². The smallest absolute Gasteiger partial charge is 0.297 e. The van der Waals surface area contributed by atoms with E-state index in [2.05, 4.69) is 0 Å². The first-order valence-electron chi connectivity index (χ1n) is 11.4. The zero-order valence-electron chi connectivity index (χ0n) is 18.7. The van der Waals surface area contributed by atoms with Crippen LogP contribution in [0, 0.1) is 22.0 Å². The van der Waals surface area contributed by atoms with E-state index >= 15 is 0 Å². The number of imide groups is 1. The fourth-order valence-electron chi connectivity index (χ4n) is 6.48. The van der Waals surface area contributed by atoms with Crippen molar-refractivity contribution in [3.05, 3.63) is 99.1 Å². The summed E-state index contributed by atoms with van der Waals surface area (Å²) in [6.07, 6.45) is 0. The van der Waals surface area contributed by atoms with Crippen LogP contribution in [0.1, 0.15) is 42.0 Å². The summed E-state index contributed by atoms with van der Waals surface area (Å²) < 4.78 is 5.41. The summed E-state index contributed by atoms with van der Waals surface area (Å²) in [5, 5.41) is 11.9. The summed E-state index contributed by atoms with van der Waals surface area (Å²) in [6.45, 7) is 4.15. The van der Waals surface area contributed by atoms with Crippen LogP contribution in [0.2, 0.25) is 0 Å². The van der Waals surface area contributed by atoms with E-state index < -0.39 is 28.1 Å². The van der Waals surface area contributed by atoms with Gasteiger partial charge in [-0.25, -0.2) is 4.90 Å². The van der Waals surface area contributed by atoms with Crippen LogP contribution >= 0.6 is 0 Å². The third kappa shape index (κ3) is 2.41. The third-order valence-corrected chi connectivity index (χ3v) is 7.74. The standard InChI is InChI=1S/C27H22N2O5/c1-3-34-15-12-13-20(21(14-15)29(32)33)28-25(30)23-22-16-8-4-6-10-18(16)27(2,24(23)26(28)31)19-11-7-5-9-17(19)22/h4-14,22-24H,3H2,1-2H3/t22?,23-,24-,27?/m0/s1. The Morgan fingerprint density at radius 2 is 1.59 bits per heavy atom. The van der Waals surface area contributed by atoms with Crippen molar-refractivity contribution in [2.24, 2.45) is 11.8 Å². The van der Waals surface area contributed by atoms with Gasteiger partial charge in [0.15, 0.2) is 0 Å². The van der Waals surface area contributed by atoms with E-state index in [4.69, 9.17) is 4.74 Å². The van der Waals surface area contributed by atoms with Gasteiger partial charge >= 0.3 is 0 Å². The van der Waals surface area contributed by atoms with E-state index in [-0.39, 0.29) is 23.2 Å². The number of amides is 2. The highest BCUT2D eigenvalue weighted by atomic mass is 16.6. The van der Waals surface area contributed by atoms with Gasteiger partial charge in [-0.2, -0.15) is 0 Å². The quantitative estimate of drug-likeness (QED) is 0.327. The van der Waals surface area contributed by atoms with Gasteiger partial charge in [0.05, 0.1) is 29.4 Å². The summed E-state index contributed by atoms with van der Waals surface area (Å²) in [7, 11) is 0. The molecule has 3 aliphatic carbocycles. The van der Waals surface area contributed by atoms with Gasteiger partial charge in [-0.15, -0.1) is 0 Å². The zero-order chi connectivity index (χ0) is 23.8. The van der Waals surface area contributed by atoms with Crippen LogP contribution in [0.15, 0.2) is 66.7 Å². The Hall–Kier alpha value is -4.00. The third-order valence-electron chi connectivity index (χ3n) is 7.74. The molecule has 7 nitrogen and oxygen atoms in total. The topological polar surface area (TPSA) is 89.8 Å². The number of ether oxygens (including phenoxy) is 1. The van der Waals surface area contributed by atoms with Gasteiger partial charge in [-0.05, 0) is 41.3 Å². The number of nitrogens with zero attached hydrogens (tertiary/aromatic N) is 2. The minimum Gasteiger partial charge on any atom is -0.494 e. The highest BCUT2D eigenvalue weighted by molar-refractivity contribution is 6.24. The number of benzene rings is 3. The fourth-order valence-corrected chi connectivity index (χ4v) is 6.48. The van der Waals surface area contributed by atoms with Crippen LogP contribution in [0.25, 0.3) is 0 Å². The van der Waals surface area contributed by atoms with Gasteiger partial charge in [-0.1, -0.05) is 55.5 Å². The number of nitro groups is 1. The van der Waals surface area contributed by atoms with Crippen molar-refractivity contribution in [3.8, 4) is 5.75 Å². The molecule has 1 saturated heterocycles. The predicted octanol–water partition coefficient (Wildman–Crippen LogP) is 4.56. The van der Waals surface area contributed by atoms with Gasteiger partial charge in [0.25, 0.3) is 5.69 Å². The van der Waals surface area contributed by atoms with Gasteiger partial charge in [0.2, 0.25) is 11.8 Å². The predicted molar refractivity (Wildman–Crippen MR) is 125 cm³/mol. The van der Waals surface area contributed by atoms with Gasteiger partial charge in [-0.3, -0.25) is 19.7 Å². The van der Waals surface area contributed by atoms with Crippen LogP contribution < -0.4 is 9.64 Å². The molecule has 0 radical (unpaired) electrons. The average Bonchev–Trinajstić information content (AvgIpc) is 3.11. The van der Waals surface area contributed by atoms with Crippen molar-refractivity contribution in [2.75, 3.05) is 11.5 Å². The fraction of sp³-hybridized carbons (Fsp3) is 0.259. The Kier molecular flexibility index (Phi) is 4.24. The maximum Gasteiger partial charge on any atom is 0.297 e. The maximum atomic E-state index is 14.0. The molecule has 1 fully saturated rings. The second-order valence-corrected chi connectivity index (χ2v) is 9.21. The highest BCUT2D eigenvalue weighted by Crippen LogP contribution is 2.64. The molecule has 3 aromatic carbocycles. The lowest BCUT2D eigenvalue weighted by atomic mass is 9.48. The minimum absolute atomic E-state index is 0.00559. The second-order valence-electron chi connectivity index (χ2n) is 9.21. The molecular weight excluding hydrogens is 432 g/mol. The molecule has 4 aliphatic rings. The van der Waals surface area contributed by atoms with Crippen LogP contribution in [-0.2, 0) is 15.0 Å². The molecule has 34 heavy (non-hydrogen) atoms. The monoisotopic (exact) mass is 454 g/mol. The first-order chi connectivity index (χ1) is 16.4. The number of carbonyl (C=O) groups excluding carboxylic acids is 2. The second kappa shape index (κ2) is 7.00. The maximum absolute atomic E-state index is 14.0. The van der Waals surface area contributed by atoms with E-state index in [1.807, 2.05) is 55.5 Å².